The molecule has 218 valence electrons. The minimum atomic E-state index is -4.60. The Kier molecular flexibility index (Phi) is 9.64. The number of aryl methyl sites for hydroxylation is 1. The molecule has 0 spiro atoms. The molecule has 0 aliphatic heterocycles. The van der Waals surface area contributed by atoms with Gasteiger partial charge < -0.3 is 13.9 Å². The quantitative estimate of drug-likeness (QED) is 0.0942. The fourth-order valence-electron chi connectivity index (χ4n) is 4.26. The van der Waals surface area contributed by atoms with Crippen molar-refractivity contribution in [2.75, 3.05) is 13.2 Å². The summed E-state index contributed by atoms with van der Waals surface area (Å²) >= 11 is 0. The van der Waals surface area contributed by atoms with Crippen molar-refractivity contribution in [1.82, 2.24) is 0 Å². The number of carbonyl (C=O) groups excluding carboxylic acids is 1. The molecule has 1 aromatic heterocycles. The zero-order valence-electron chi connectivity index (χ0n) is 22.6. The topological polar surface area (TPSA) is 48.7 Å². The Hall–Kier alpha value is -3.43. The average molecular weight is 571 g/mol. The number of esters is 1. The number of furan rings is 1. The molecular formula is C30H32F6O4. The van der Waals surface area contributed by atoms with Gasteiger partial charge in [-0.3, -0.25) is 0 Å². The largest absolute Gasteiger partial charge is 0.493 e. The Balaban J connectivity index is 1.84. The number of hydrogen-bond acceptors (Lipinski definition) is 4. The molecule has 0 aliphatic carbocycles. The van der Waals surface area contributed by atoms with Gasteiger partial charge in [0.05, 0.1) is 18.6 Å². The maximum Gasteiger partial charge on any atom is 0.417 e. The van der Waals surface area contributed by atoms with Crippen LogP contribution in [0.1, 0.15) is 57.6 Å². The molecule has 0 bridgehead atoms. The van der Waals surface area contributed by atoms with Gasteiger partial charge >= 0.3 is 18.3 Å². The molecule has 2 aromatic carbocycles. The van der Waals surface area contributed by atoms with Crippen LogP contribution in [0, 0.1) is 5.41 Å². The zero-order valence-corrected chi connectivity index (χ0v) is 22.6. The zero-order chi connectivity index (χ0) is 29.7. The molecule has 0 amide bonds. The van der Waals surface area contributed by atoms with E-state index >= 15 is 0 Å². The number of fused-ring (bicyclic) bond motifs is 1. The van der Waals surface area contributed by atoms with E-state index in [0.717, 1.165) is 25.3 Å². The summed E-state index contributed by atoms with van der Waals surface area (Å²) in [6.45, 7) is 7.09. The number of unbranched alkanes of at least 4 members (excludes halogenated alkanes) is 2. The van der Waals surface area contributed by atoms with Crippen LogP contribution in [0.3, 0.4) is 0 Å². The molecule has 3 aromatic rings. The number of ether oxygens (including phenoxy) is 2. The lowest BCUT2D eigenvalue weighted by atomic mass is 9.88. The third kappa shape index (κ3) is 8.53. The van der Waals surface area contributed by atoms with E-state index < -0.39 is 48.9 Å². The molecule has 0 aliphatic rings. The first kappa shape index (κ1) is 31.1. The molecule has 1 unspecified atom stereocenters. The van der Waals surface area contributed by atoms with Gasteiger partial charge in [0.15, 0.2) is 0 Å². The van der Waals surface area contributed by atoms with Crippen LogP contribution < -0.4 is 4.74 Å². The Morgan fingerprint density at radius 3 is 2.33 bits per heavy atom. The van der Waals surface area contributed by atoms with E-state index in [0.29, 0.717) is 17.4 Å². The van der Waals surface area contributed by atoms with Crippen molar-refractivity contribution in [3.8, 4) is 17.1 Å². The molecule has 0 fully saturated rings. The number of hydrogen-bond donors (Lipinski definition) is 0. The van der Waals surface area contributed by atoms with Gasteiger partial charge in [0.25, 0.3) is 0 Å². The minimum absolute atomic E-state index is 0.00759. The van der Waals surface area contributed by atoms with Crippen LogP contribution in [0.25, 0.3) is 22.3 Å². The second-order valence-electron chi connectivity index (χ2n) is 10.4. The number of halogens is 6. The smallest absolute Gasteiger partial charge is 0.417 e. The van der Waals surface area contributed by atoms with Crippen LogP contribution in [0.4, 0.5) is 26.3 Å². The van der Waals surface area contributed by atoms with Crippen molar-refractivity contribution >= 4 is 16.9 Å². The molecule has 40 heavy (non-hydrogen) atoms. The van der Waals surface area contributed by atoms with Crippen molar-refractivity contribution in [1.29, 1.82) is 0 Å². The Labute approximate surface area is 228 Å². The maximum absolute atomic E-state index is 13.9. The number of rotatable bonds is 12. The van der Waals surface area contributed by atoms with Crippen molar-refractivity contribution < 1.29 is 45.0 Å². The van der Waals surface area contributed by atoms with Gasteiger partial charge in [-0.15, -0.1) is 0 Å². The summed E-state index contributed by atoms with van der Waals surface area (Å²) in [5.74, 6) is -0.659. The number of alkyl halides is 6. The van der Waals surface area contributed by atoms with E-state index in [1.54, 1.807) is 12.1 Å². The predicted molar refractivity (Wildman–Crippen MR) is 140 cm³/mol. The van der Waals surface area contributed by atoms with Gasteiger partial charge in [0.2, 0.25) is 0 Å². The second kappa shape index (κ2) is 12.4. The van der Waals surface area contributed by atoms with E-state index in [1.807, 2.05) is 6.92 Å². The Bertz CT molecular complexity index is 1340. The van der Waals surface area contributed by atoms with Gasteiger partial charge in [-0.1, -0.05) is 45.4 Å². The summed E-state index contributed by atoms with van der Waals surface area (Å²) in [5, 5.41) is 0.496. The molecule has 0 N–H and O–H groups in total. The third-order valence-corrected chi connectivity index (χ3v) is 6.33. The van der Waals surface area contributed by atoms with E-state index in [9.17, 15) is 31.1 Å². The van der Waals surface area contributed by atoms with Gasteiger partial charge in [-0.05, 0) is 49.6 Å². The molecule has 0 radical (unpaired) electrons. The predicted octanol–water partition coefficient (Wildman–Crippen LogP) is 9.31. The highest BCUT2D eigenvalue weighted by Gasteiger charge is 2.41. The van der Waals surface area contributed by atoms with E-state index in [-0.39, 0.29) is 28.2 Å². The molecular weight excluding hydrogens is 538 g/mol. The van der Waals surface area contributed by atoms with Crippen LogP contribution in [-0.4, -0.2) is 25.4 Å². The highest BCUT2D eigenvalue weighted by atomic mass is 19.4. The lowest BCUT2D eigenvalue weighted by Crippen LogP contribution is -2.36. The maximum atomic E-state index is 13.9. The summed E-state index contributed by atoms with van der Waals surface area (Å²) < 4.78 is 97.9. The van der Waals surface area contributed by atoms with Crippen LogP contribution in [-0.2, 0) is 22.1 Å². The third-order valence-electron chi connectivity index (χ3n) is 6.33. The fraction of sp³-hybridized carbons (Fsp3) is 0.433. The summed E-state index contributed by atoms with van der Waals surface area (Å²) in [6, 6.07) is 10.1. The van der Waals surface area contributed by atoms with Gasteiger partial charge in [0.1, 0.15) is 23.7 Å². The van der Waals surface area contributed by atoms with Crippen molar-refractivity contribution in [3.05, 3.63) is 65.7 Å². The molecule has 3 rings (SSSR count). The second-order valence-corrected chi connectivity index (χ2v) is 10.4. The molecule has 4 nitrogen and oxygen atoms in total. The van der Waals surface area contributed by atoms with E-state index in [2.05, 4.69) is 6.58 Å². The SMILES string of the molecule is C=C(C)C(=O)OCC(C)(COc1ccc2cc(-c3ccc(CCCCC)cc3C(F)(F)F)oc2c1)CC(F)(F)F. The lowest BCUT2D eigenvalue weighted by Gasteiger charge is -2.30. The highest BCUT2D eigenvalue weighted by Crippen LogP contribution is 2.40. The lowest BCUT2D eigenvalue weighted by molar-refractivity contribution is -0.173. The first-order valence-corrected chi connectivity index (χ1v) is 12.9. The van der Waals surface area contributed by atoms with Crippen molar-refractivity contribution in [3.63, 3.8) is 0 Å². The first-order chi connectivity index (χ1) is 18.6. The minimum Gasteiger partial charge on any atom is -0.493 e. The monoisotopic (exact) mass is 570 g/mol. The summed E-state index contributed by atoms with van der Waals surface area (Å²) in [6.07, 6.45) is -7.21. The molecule has 0 saturated heterocycles. The Morgan fingerprint density at radius 2 is 1.70 bits per heavy atom. The van der Waals surface area contributed by atoms with Gasteiger partial charge in [-0.2, -0.15) is 26.3 Å². The molecule has 0 saturated carbocycles. The Morgan fingerprint density at radius 1 is 0.975 bits per heavy atom. The number of benzene rings is 2. The molecule has 10 heteroatoms. The van der Waals surface area contributed by atoms with Crippen LogP contribution in [0.15, 0.2) is 59.0 Å². The van der Waals surface area contributed by atoms with Gasteiger partial charge in [0, 0.05) is 28.0 Å². The van der Waals surface area contributed by atoms with Crippen LogP contribution in [0.5, 0.6) is 5.75 Å². The summed E-state index contributed by atoms with van der Waals surface area (Å²) in [5.41, 5.74) is -1.67. The summed E-state index contributed by atoms with van der Waals surface area (Å²) in [4.78, 5) is 11.7. The number of carbonyl (C=O) groups is 1. The van der Waals surface area contributed by atoms with Gasteiger partial charge in [-0.25, -0.2) is 4.79 Å². The molecule has 1 heterocycles. The van der Waals surface area contributed by atoms with Crippen LogP contribution in [0.2, 0.25) is 0 Å². The van der Waals surface area contributed by atoms with E-state index in [1.165, 1.54) is 38.1 Å². The standard InChI is InChI=1S/C30H32F6O4/c1-5-6-7-8-20-9-12-23(24(13-20)30(34,35)36)26-14-21-10-11-22(15-25(21)40-26)38-17-28(4,16-29(31,32)33)18-39-27(37)19(2)3/h9-15H,2,5-8,16-18H2,1,3-4H3. The normalized spacial score (nSPS) is 13.7. The molecule has 1 atom stereocenters. The van der Waals surface area contributed by atoms with Crippen molar-refractivity contribution in [2.24, 2.45) is 5.41 Å². The summed E-state index contributed by atoms with van der Waals surface area (Å²) in [7, 11) is 0. The first-order valence-electron chi connectivity index (χ1n) is 12.9. The van der Waals surface area contributed by atoms with Crippen molar-refractivity contribution in [2.45, 2.75) is 65.2 Å². The fourth-order valence-corrected chi connectivity index (χ4v) is 4.26. The van der Waals surface area contributed by atoms with Crippen LogP contribution >= 0.6 is 0 Å². The highest BCUT2D eigenvalue weighted by molar-refractivity contribution is 5.87. The average Bonchev–Trinajstić information content (AvgIpc) is 3.28. The van der Waals surface area contributed by atoms with E-state index in [4.69, 9.17) is 13.9 Å².